The van der Waals surface area contributed by atoms with E-state index in [2.05, 4.69) is 46.1 Å². The lowest BCUT2D eigenvalue weighted by Crippen LogP contribution is -2.07. The van der Waals surface area contributed by atoms with E-state index >= 15 is 0 Å². The van der Waals surface area contributed by atoms with Gasteiger partial charge in [0.2, 0.25) is 5.88 Å². The fourth-order valence-corrected chi connectivity index (χ4v) is 2.37. The van der Waals surface area contributed by atoms with Crippen LogP contribution in [-0.4, -0.2) is 12.0 Å². The van der Waals surface area contributed by atoms with E-state index < -0.39 is 0 Å². The smallest absolute Gasteiger partial charge is 0.219 e. The van der Waals surface area contributed by atoms with Gasteiger partial charge in [0.25, 0.3) is 0 Å². The molecule has 1 heterocycles. The number of hydrogen-bond acceptors (Lipinski definition) is 3. The van der Waals surface area contributed by atoms with Crippen molar-refractivity contribution in [1.82, 2.24) is 10.3 Å². The van der Waals surface area contributed by atoms with Crippen LogP contribution in [0.1, 0.15) is 36.6 Å². The second kappa shape index (κ2) is 7.05. The minimum atomic E-state index is 0.368. The topological polar surface area (TPSA) is 34.1 Å². The number of benzene rings is 1. The fourth-order valence-electron chi connectivity index (χ4n) is 2.03. The molecule has 0 saturated carbocycles. The quantitative estimate of drug-likeness (QED) is 0.843. The number of aromatic nitrogens is 1. The van der Waals surface area contributed by atoms with Crippen LogP contribution in [0.2, 0.25) is 0 Å². The summed E-state index contributed by atoms with van der Waals surface area (Å²) in [6.07, 6.45) is 0. The zero-order valence-electron chi connectivity index (χ0n) is 12.9. The van der Waals surface area contributed by atoms with E-state index in [0.29, 0.717) is 11.8 Å². The van der Waals surface area contributed by atoms with Crippen LogP contribution in [0.4, 0.5) is 0 Å². The maximum Gasteiger partial charge on any atom is 0.219 e. The summed E-state index contributed by atoms with van der Waals surface area (Å²) in [5.41, 5.74) is 3.31. The SMILES string of the molecule is CNCc1cc(Oc2cc(Br)ccc2C)nc(C(C)C)c1. The molecule has 3 nitrogen and oxygen atoms in total. The van der Waals surface area contributed by atoms with Crippen LogP contribution in [0.3, 0.4) is 0 Å². The Labute approximate surface area is 134 Å². The number of rotatable bonds is 5. The highest BCUT2D eigenvalue weighted by atomic mass is 79.9. The summed E-state index contributed by atoms with van der Waals surface area (Å²) in [5.74, 6) is 1.84. The molecule has 0 unspecified atom stereocenters. The van der Waals surface area contributed by atoms with Gasteiger partial charge >= 0.3 is 0 Å². The Morgan fingerprint density at radius 3 is 2.67 bits per heavy atom. The molecule has 1 aromatic carbocycles. The van der Waals surface area contributed by atoms with Gasteiger partial charge < -0.3 is 10.1 Å². The lowest BCUT2D eigenvalue weighted by atomic mass is 10.1. The van der Waals surface area contributed by atoms with E-state index in [4.69, 9.17) is 4.74 Å². The molecule has 0 bridgehead atoms. The molecule has 0 spiro atoms. The first-order chi connectivity index (χ1) is 9.99. The van der Waals surface area contributed by atoms with Gasteiger partial charge in [-0.15, -0.1) is 0 Å². The Bertz CT molecular complexity index is 626. The highest BCUT2D eigenvalue weighted by Gasteiger charge is 2.09. The Morgan fingerprint density at radius 1 is 1.24 bits per heavy atom. The number of pyridine rings is 1. The zero-order valence-corrected chi connectivity index (χ0v) is 14.5. The molecule has 2 rings (SSSR count). The van der Waals surface area contributed by atoms with Crippen LogP contribution in [-0.2, 0) is 6.54 Å². The summed E-state index contributed by atoms with van der Waals surface area (Å²) in [6, 6.07) is 10.1. The molecule has 1 N–H and O–H groups in total. The molecule has 0 radical (unpaired) electrons. The summed E-state index contributed by atoms with van der Waals surface area (Å²) in [5, 5.41) is 3.17. The van der Waals surface area contributed by atoms with Crippen molar-refractivity contribution in [1.29, 1.82) is 0 Å². The van der Waals surface area contributed by atoms with Gasteiger partial charge in [0, 0.05) is 22.8 Å². The molecule has 112 valence electrons. The van der Waals surface area contributed by atoms with Gasteiger partial charge in [-0.25, -0.2) is 4.98 Å². The van der Waals surface area contributed by atoms with Gasteiger partial charge in [-0.2, -0.15) is 0 Å². The highest BCUT2D eigenvalue weighted by Crippen LogP contribution is 2.28. The number of halogens is 1. The first-order valence-corrected chi connectivity index (χ1v) is 7.88. The number of ether oxygens (including phenoxy) is 1. The molecule has 0 aliphatic carbocycles. The average Bonchev–Trinajstić information content (AvgIpc) is 2.43. The molecule has 0 saturated heterocycles. The van der Waals surface area contributed by atoms with Crippen LogP contribution in [0.15, 0.2) is 34.8 Å². The van der Waals surface area contributed by atoms with Gasteiger partial charge in [0.05, 0.1) is 0 Å². The van der Waals surface area contributed by atoms with Crippen LogP contribution < -0.4 is 10.1 Å². The molecule has 4 heteroatoms. The van der Waals surface area contributed by atoms with Crippen molar-refractivity contribution in [3.63, 3.8) is 0 Å². The number of aryl methyl sites for hydroxylation is 1. The van der Waals surface area contributed by atoms with E-state index in [1.165, 1.54) is 5.56 Å². The predicted octanol–water partition coefficient (Wildman–Crippen LogP) is 4.79. The van der Waals surface area contributed by atoms with E-state index in [1.54, 1.807) is 0 Å². The standard InChI is InChI=1S/C17H21BrN2O/c1-11(2)15-7-13(10-19-4)8-17(20-15)21-16-9-14(18)6-5-12(16)3/h5-9,11,19H,10H2,1-4H3. The molecule has 0 atom stereocenters. The largest absolute Gasteiger partial charge is 0.439 e. The third-order valence-corrected chi connectivity index (χ3v) is 3.71. The number of nitrogens with zero attached hydrogens (tertiary/aromatic N) is 1. The Morgan fingerprint density at radius 2 is 2.00 bits per heavy atom. The van der Waals surface area contributed by atoms with E-state index in [1.807, 2.05) is 38.2 Å². The molecule has 0 fully saturated rings. The van der Waals surface area contributed by atoms with Gasteiger partial charge in [0.15, 0.2) is 0 Å². The molecule has 0 aliphatic heterocycles. The second-order valence-electron chi connectivity index (χ2n) is 5.44. The van der Waals surface area contributed by atoms with Gasteiger partial charge in [-0.1, -0.05) is 35.8 Å². The van der Waals surface area contributed by atoms with Crippen LogP contribution in [0, 0.1) is 6.92 Å². The van der Waals surface area contributed by atoms with Crippen molar-refractivity contribution in [3.05, 3.63) is 51.6 Å². The van der Waals surface area contributed by atoms with Crippen molar-refractivity contribution in [3.8, 4) is 11.6 Å². The maximum atomic E-state index is 6.00. The maximum absolute atomic E-state index is 6.00. The van der Waals surface area contributed by atoms with Crippen LogP contribution in [0.25, 0.3) is 0 Å². The molecule has 21 heavy (non-hydrogen) atoms. The molecule has 1 aromatic heterocycles. The first kappa shape index (κ1) is 16.0. The Balaban J connectivity index is 2.36. The van der Waals surface area contributed by atoms with Crippen LogP contribution in [0.5, 0.6) is 11.6 Å². The van der Waals surface area contributed by atoms with Crippen molar-refractivity contribution in [2.45, 2.75) is 33.2 Å². The van der Waals surface area contributed by atoms with E-state index in [0.717, 1.165) is 28.0 Å². The average molecular weight is 349 g/mol. The summed E-state index contributed by atoms with van der Waals surface area (Å²) in [7, 11) is 1.94. The zero-order chi connectivity index (χ0) is 15.4. The van der Waals surface area contributed by atoms with Crippen molar-refractivity contribution < 1.29 is 4.74 Å². The molecule has 2 aromatic rings. The third kappa shape index (κ3) is 4.29. The lowest BCUT2D eigenvalue weighted by molar-refractivity contribution is 0.454. The molecule has 0 aliphatic rings. The minimum absolute atomic E-state index is 0.368. The van der Waals surface area contributed by atoms with E-state index in [-0.39, 0.29) is 0 Å². The predicted molar refractivity (Wildman–Crippen MR) is 90.0 cm³/mol. The van der Waals surface area contributed by atoms with Gasteiger partial charge in [0.1, 0.15) is 5.75 Å². The van der Waals surface area contributed by atoms with Crippen molar-refractivity contribution in [2.75, 3.05) is 7.05 Å². The monoisotopic (exact) mass is 348 g/mol. The van der Waals surface area contributed by atoms with Crippen LogP contribution >= 0.6 is 15.9 Å². The molecular weight excluding hydrogens is 328 g/mol. The summed E-state index contributed by atoms with van der Waals surface area (Å²) < 4.78 is 7.00. The summed E-state index contributed by atoms with van der Waals surface area (Å²) in [4.78, 5) is 4.62. The fraction of sp³-hybridized carbons (Fsp3) is 0.353. The first-order valence-electron chi connectivity index (χ1n) is 7.09. The van der Waals surface area contributed by atoms with Crippen molar-refractivity contribution in [2.24, 2.45) is 0 Å². The summed E-state index contributed by atoms with van der Waals surface area (Å²) in [6.45, 7) is 7.11. The lowest BCUT2D eigenvalue weighted by Gasteiger charge is -2.13. The Kier molecular flexibility index (Phi) is 5.37. The minimum Gasteiger partial charge on any atom is -0.439 e. The van der Waals surface area contributed by atoms with Gasteiger partial charge in [-0.05, 0) is 49.2 Å². The van der Waals surface area contributed by atoms with Gasteiger partial charge in [-0.3, -0.25) is 0 Å². The second-order valence-corrected chi connectivity index (χ2v) is 6.35. The number of hydrogen-bond donors (Lipinski definition) is 1. The highest BCUT2D eigenvalue weighted by molar-refractivity contribution is 9.10. The molecule has 0 amide bonds. The van der Waals surface area contributed by atoms with Crippen molar-refractivity contribution >= 4 is 15.9 Å². The summed E-state index contributed by atoms with van der Waals surface area (Å²) >= 11 is 3.48. The number of nitrogens with one attached hydrogen (secondary N) is 1. The normalized spacial score (nSPS) is 11.0. The van der Waals surface area contributed by atoms with E-state index in [9.17, 15) is 0 Å². The molecular formula is C17H21BrN2O. The Hall–Kier alpha value is -1.39. The third-order valence-electron chi connectivity index (χ3n) is 3.22.